The molecular formula is C10H8O2S. The van der Waals surface area contributed by atoms with Gasteiger partial charge < -0.3 is 9.29 Å². The lowest BCUT2D eigenvalue weighted by molar-refractivity contribution is 0.476. The minimum atomic E-state index is 0.254. The normalized spacial score (nSPS) is 10.2. The zero-order valence-corrected chi connectivity index (χ0v) is 7.66. The molecule has 1 N–H and O–H groups in total. The number of aromatic hydroxyl groups is 1. The first-order valence-corrected chi connectivity index (χ1v) is 4.20. The zero-order valence-electron chi connectivity index (χ0n) is 6.77. The molecule has 0 spiro atoms. The van der Waals surface area contributed by atoms with E-state index >= 15 is 0 Å². The summed E-state index contributed by atoms with van der Waals surface area (Å²) >= 11 is 3.70. The van der Waals surface area contributed by atoms with Crippen LogP contribution >= 0.6 is 12.9 Å². The highest BCUT2D eigenvalue weighted by Gasteiger charge is 1.97. The molecule has 13 heavy (non-hydrogen) atoms. The monoisotopic (exact) mass is 192 g/mol. The smallest absolute Gasteiger partial charge is 0.137 e. The predicted molar refractivity (Wildman–Crippen MR) is 55.2 cm³/mol. The second-order valence-electron chi connectivity index (χ2n) is 2.78. The molecule has 2 nitrogen and oxygen atoms in total. The second-order valence-corrected chi connectivity index (χ2v) is 2.97. The van der Waals surface area contributed by atoms with Crippen molar-refractivity contribution in [3.05, 3.63) is 36.4 Å². The minimum Gasteiger partial charge on any atom is -0.508 e. The summed E-state index contributed by atoms with van der Waals surface area (Å²) < 4.78 is 4.77. The molecule has 0 saturated carbocycles. The Bertz CT molecular complexity index is 440. The molecule has 2 aromatic rings. The average molecular weight is 192 g/mol. The second kappa shape index (κ2) is 3.18. The van der Waals surface area contributed by atoms with E-state index in [-0.39, 0.29) is 5.75 Å². The van der Waals surface area contributed by atoms with Crippen molar-refractivity contribution in [3.8, 4) is 11.5 Å². The fraction of sp³-hybridized carbons (Fsp3) is 0. The third kappa shape index (κ3) is 1.55. The number of hydrogen-bond acceptors (Lipinski definition) is 3. The van der Waals surface area contributed by atoms with Gasteiger partial charge in [-0.05, 0) is 35.0 Å². The Balaban J connectivity index is 2.68. The van der Waals surface area contributed by atoms with Crippen LogP contribution in [0.15, 0.2) is 36.4 Å². The molecule has 66 valence electrons. The highest BCUT2D eigenvalue weighted by atomic mass is 32.1. The van der Waals surface area contributed by atoms with Crippen molar-refractivity contribution < 1.29 is 9.29 Å². The van der Waals surface area contributed by atoms with Crippen molar-refractivity contribution in [2.75, 3.05) is 0 Å². The van der Waals surface area contributed by atoms with Crippen molar-refractivity contribution in [2.24, 2.45) is 0 Å². The van der Waals surface area contributed by atoms with Gasteiger partial charge in [0.2, 0.25) is 0 Å². The maximum Gasteiger partial charge on any atom is 0.137 e. The van der Waals surface area contributed by atoms with Crippen LogP contribution in [0.25, 0.3) is 10.8 Å². The first kappa shape index (κ1) is 8.26. The molecular weight excluding hydrogens is 184 g/mol. The molecule has 0 aliphatic heterocycles. The topological polar surface area (TPSA) is 29.5 Å². The van der Waals surface area contributed by atoms with Gasteiger partial charge in [-0.15, -0.1) is 0 Å². The standard InChI is InChI=1S/C10H8O2S/c11-9-3-1-7-2-4-10(12-13)6-8(7)5-9/h1-6,11,13H. The Labute approximate surface area is 81.4 Å². The van der Waals surface area contributed by atoms with E-state index in [1.807, 2.05) is 24.3 Å². The Morgan fingerprint density at radius 3 is 2.54 bits per heavy atom. The van der Waals surface area contributed by atoms with Crippen LogP contribution in [0.1, 0.15) is 0 Å². The molecule has 0 amide bonds. The van der Waals surface area contributed by atoms with Crippen LogP contribution in [-0.4, -0.2) is 5.11 Å². The molecule has 0 atom stereocenters. The SMILES string of the molecule is Oc1ccc2ccc(OS)cc2c1. The Morgan fingerprint density at radius 2 is 1.77 bits per heavy atom. The van der Waals surface area contributed by atoms with Crippen molar-refractivity contribution in [3.63, 3.8) is 0 Å². The third-order valence-corrected chi connectivity index (χ3v) is 2.11. The number of hydrogen-bond donors (Lipinski definition) is 2. The summed E-state index contributed by atoms with van der Waals surface area (Å²) in [6, 6.07) is 10.8. The number of rotatable bonds is 1. The molecule has 0 fully saturated rings. The molecule has 0 aliphatic carbocycles. The van der Waals surface area contributed by atoms with Gasteiger partial charge in [-0.3, -0.25) is 0 Å². The van der Waals surface area contributed by atoms with Gasteiger partial charge in [0.1, 0.15) is 11.5 Å². The van der Waals surface area contributed by atoms with Gasteiger partial charge in [-0.25, -0.2) is 0 Å². The molecule has 3 heteroatoms. The number of phenols is 1. The summed E-state index contributed by atoms with van der Waals surface area (Å²) in [4.78, 5) is 0. The fourth-order valence-corrected chi connectivity index (χ4v) is 1.38. The van der Waals surface area contributed by atoms with Crippen LogP contribution in [0.2, 0.25) is 0 Å². The molecule has 0 aliphatic rings. The minimum absolute atomic E-state index is 0.254. The van der Waals surface area contributed by atoms with Gasteiger partial charge in [0.05, 0.1) is 0 Å². The Hall–Kier alpha value is -1.35. The predicted octanol–water partition coefficient (Wildman–Crippen LogP) is 2.77. The van der Waals surface area contributed by atoms with Crippen LogP contribution in [0.3, 0.4) is 0 Å². The van der Waals surface area contributed by atoms with Crippen molar-refractivity contribution in [1.82, 2.24) is 0 Å². The summed E-state index contributed by atoms with van der Waals surface area (Å²) in [7, 11) is 0. The fourth-order valence-electron chi connectivity index (χ4n) is 1.27. The van der Waals surface area contributed by atoms with Crippen molar-refractivity contribution in [2.45, 2.75) is 0 Å². The van der Waals surface area contributed by atoms with Gasteiger partial charge in [0, 0.05) is 12.9 Å². The largest absolute Gasteiger partial charge is 0.508 e. The van der Waals surface area contributed by atoms with Gasteiger partial charge in [0.15, 0.2) is 0 Å². The highest BCUT2D eigenvalue weighted by molar-refractivity contribution is 7.75. The molecule has 0 radical (unpaired) electrons. The Morgan fingerprint density at radius 1 is 1.00 bits per heavy atom. The first-order valence-electron chi connectivity index (χ1n) is 3.84. The maximum absolute atomic E-state index is 9.23. The van der Waals surface area contributed by atoms with E-state index in [1.54, 1.807) is 12.1 Å². The molecule has 0 aromatic heterocycles. The van der Waals surface area contributed by atoms with Gasteiger partial charge in [-0.1, -0.05) is 12.1 Å². The van der Waals surface area contributed by atoms with Gasteiger partial charge in [-0.2, -0.15) is 0 Å². The van der Waals surface area contributed by atoms with E-state index in [2.05, 4.69) is 12.9 Å². The average Bonchev–Trinajstić information content (AvgIpc) is 2.16. The summed E-state index contributed by atoms with van der Waals surface area (Å²) in [5.74, 6) is 0.922. The van der Waals surface area contributed by atoms with Crippen LogP contribution in [0.4, 0.5) is 0 Å². The summed E-state index contributed by atoms with van der Waals surface area (Å²) in [5.41, 5.74) is 0. The number of fused-ring (bicyclic) bond motifs is 1. The van der Waals surface area contributed by atoms with Crippen LogP contribution in [0.5, 0.6) is 11.5 Å². The van der Waals surface area contributed by atoms with E-state index in [4.69, 9.17) is 4.18 Å². The zero-order chi connectivity index (χ0) is 9.26. The number of thiol groups is 1. The lowest BCUT2D eigenvalue weighted by Gasteiger charge is -2.01. The summed E-state index contributed by atoms with van der Waals surface area (Å²) in [6.07, 6.45) is 0. The summed E-state index contributed by atoms with van der Waals surface area (Å²) in [6.45, 7) is 0. The van der Waals surface area contributed by atoms with Crippen LogP contribution in [0, 0.1) is 0 Å². The molecule has 0 heterocycles. The van der Waals surface area contributed by atoms with Crippen molar-refractivity contribution in [1.29, 1.82) is 0 Å². The first-order chi connectivity index (χ1) is 6.29. The highest BCUT2D eigenvalue weighted by Crippen LogP contribution is 2.24. The quantitative estimate of drug-likeness (QED) is 0.537. The maximum atomic E-state index is 9.23. The van der Waals surface area contributed by atoms with E-state index < -0.39 is 0 Å². The molecule has 0 saturated heterocycles. The van der Waals surface area contributed by atoms with Gasteiger partial charge >= 0.3 is 0 Å². The number of benzene rings is 2. The third-order valence-electron chi connectivity index (χ3n) is 1.90. The molecule has 2 aromatic carbocycles. The van der Waals surface area contributed by atoms with Crippen molar-refractivity contribution >= 4 is 23.7 Å². The lowest BCUT2D eigenvalue weighted by Crippen LogP contribution is -1.76. The lowest BCUT2D eigenvalue weighted by atomic mass is 10.1. The Kier molecular flexibility index (Phi) is 2.02. The van der Waals surface area contributed by atoms with E-state index in [0.717, 1.165) is 10.8 Å². The molecule has 2 rings (SSSR count). The van der Waals surface area contributed by atoms with Crippen LogP contribution in [-0.2, 0) is 0 Å². The van der Waals surface area contributed by atoms with Crippen LogP contribution < -0.4 is 4.18 Å². The summed E-state index contributed by atoms with van der Waals surface area (Å²) in [5, 5.41) is 11.2. The molecule has 0 bridgehead atoms. The van der Waals surface area contributed by atoms with E-state index in [1.165, 1.54) is 0 Å². The van der Waals surface area contributed by atoms with Gasteiger partial charge in [0.25, 0.3) is 0 Å². The number of phenolic OH excluding ortho intramolecular Hbond substituents is 1. The molecule has 0 unspecified atom stereocenters. The van der Waals surface area contributed by atoms with E-state index in [0.29, 0.717) is 5.75 Å². The van der Waals surface area contributed by atoms with E-state index in [9.17, 15) is 5.11 Å².